The number of rotatable bonds is 5. The lowest BCUT2D eigenvalue weighted by Gasteiger charge is -2.13. The van der Waals surface area contributed by atoms with E-state index in [4.69, 9.17) is 14.2 Å². The monoisotopic (exact) mass is 236 g/mol. The van der Waals surface area contributed by atoms with E-state index < -0.39 is 6.29 Å². The van der Waals surface area contributed by atoms with Gasteiger partial charge in [-0.3, -0.25) is 0 Å². The first-order chi connectivity index (χ1) is 8.35. The number of ether oxygens (including phenoxy) is 3. The third kappa shape index (κ3) is 2.85. The van der Waals surface area contributed by atoms with Crippen LogP contribution in [0.25, 0.3) is 0 Å². The van der Waals surface area contributed by atoms with Gasteiger partial charge in [-0.1, -0.05) is 36.9 Å². The largest absolute Gasteiger partial charge is 0.499 e. The van der Waals surface area contributed by atoms with Crippen molar-refractivity contribution in [3.05, 3.63) is 48.7 Å². The van der Waals surface area contributed by atoms with Gasteiger partial charge in [-0.05, 0) is 0 Å². The lowest BCUT2D eigenvalue weighted by atomic mass is 10.2. The van der Waals surface area contributed by atoms with Crippen LogP contribution in [0.4, 0.5) is 0 Å². The second-order valence-corrected chi connectivity index (χ2v) is 3.77. The van der Waals surface area contributed by atoms with Crippen molar-refractivity contribution < 1.29 is 19.3 Å². The Morgan fingerprint density at radius 1 is 1.24 bits per heavy atom. The maximum Gasteiger partial charge on any atom is 0.185 e. The third-order valence-electron chi connectivity index (χ3n) is 2.64. The lowest BCUT2D eigenvalue weighted by molar-refractivity contribution is -0.0774. The Bertz CT molecular complexity index is 352. The summed E-state index contributed by atoms with van der Waals surface area (Å²) in [4.78, 5) is 0. The topological polar surface area (TPSA) is 47.9 Å². The fourth-order valence-electron chi connectivity index (χ4n) is 1.76. The molecule has 1 aromatic carbocycles. The summed E-state index contributed by atoms with van der Waals surface area (Å²) in [7, 11) is 0. The number of hydrogen-bond donors (Lipinski definition) is 1. The van der Waals surface area contributed by atoms with Crippen molar-refractivity contribution in [2.75, 3.05) is 13.2 Å². The minimum atomic E-state index is -0.438. The normalized spacial score (nSPS) is 27.9. The molecule has 0 spiro atoms. The molecule has 2 unspecified atom stereocenters. The van der Waals surface area contributed by atoms with Crippen molar-refractivity contribution in [2.24, 2.45) is 0 Å². The Morgan fingerprint density at radius 2 is 1.94 bits per heavy atom. The molecule has 2 rings (SSSR count). The first-order valence-electron chi connectivity index (χ1n) is 5.54. The predicted molar refractivity (Wildman–Crippen MR) is 62.2 cm³/mol. The molecule has 1 aromatic rings. The molecule has 0 aromatic heterocycles. The Balaban J connectivity index is 2.01. The van der Waals surface area contributed by atoms with E-state index >= 15 is 0 Å². The van der Waals surface area contributed by atoms with Crippen LogP contribution in [0.1, 0.15) is 11.9 Å². The minimum Gasteiger partial charge on any atom is -0.499 e. The molecule has 92 valence electrons. The van der Waals surface area contributed by atoms with Crippen LogP contribution in [-0.2, 0) is 14.2 Å². The molecule has 3 atom stereocenters. The molecular weight excluding hydrogens is 220 g/mol. The maximum absolute atomic E-state index is 9.21. The Labute approximate surface area is 100 Å². The second-order valence-electron chi connectivity index (χ2n) is 3.77. The number of hydrogen-bond acceptors (Lipinski definition) is 4. The van der Waals surface area contributed by atoms with E-state index in [1.165, 1.54) is 6.26 Å². The molecule has 0 bridgehead atoms. The van der Waals surface area contributed by atoms with Crippen molar-refractivity contribution in [1.82, 2.24) is 0 Å². The van der Waals surface area contributed by atoms with Crippen LogP contribution in [0.5, 0.6) is 0 Å². The highest BCUT2D eigenvalue weighted by atomic mass is 16.7. The van der Waals surface area contributed by atoms with Gasteiger partial charge in [0.1, 0.15) is 18.8 Å². The molecule has 4 nitrogen and oxygen atoms in total. The zero-order chi connectivity index (χ0) is 12.1. The number of aliphatic hydroxyl groups is 1. The molecule has 1 heterocycles. The highest BCUT2D eigenvalue weighted by Crippen LogP contribution is 2.31. The van der Waals surface area contributed by atoms with E-state index in [0.717, 1.165) is 5.56 Å². The second kappa shape index (κ2) is 5.82. The molecule has 1 aliphatic rings. The van der Waals surface area contributed by atoms with Gasteiger partial charge in [0.05, 0.1) is 12.9 Å². The lowest BCUT2D eigenvalue weighted by Crippen LogP contribution is -2.29. The van der Waals surface area contributed by atoms with Crippen LogP contribution in [0.3, 0.4) is 0 Å². The van der Waals surface area contributed by atoms with Gasteiger partial charge in [-0.15, -0.1) is 0 Å². The average Bonchev–Trinajstić information content (AvgIpc) is 2.80. The van der Waals surface area contributed by atoms with Crippen LogP contribution < -0.4 is 0 Å². The van der Waals surface area contributed by atoms with Crippen LogP contribution >= 0.6 is 0 Å². The van der Waals surface area contributed by atoms with Crippen molar-refractivity contribution in [1.29, 1.82) is 0 Å². The summed E-state index contributed by atoms with van der Waals surface area (Å²) in [6.07, 6.45) is 0.281. The van der Waals surface area contributed by atoms with Crippen molar-refractivity contribution in [3.63, 3.8) is 0 Å². The predicted octanol–water partition coefficient (Wildman–Crippen LogP) is 1.62. The van der Waals surface area contributed by atoms with Crippen molar-refractivity contribution in [3.8, 4) is 0 Å². The van der Waals surface area contributed by atoms with Gasteiger partial charge < -0.3 is 19.3 Å². The summed E-state index contributed by atoms with van der Waals surface area (Å²) < 4.78 is 16.4. The molecule has 1 aliphatic heterocycles. The summed E-state index contributed by atoms with van der Waals surface area (Å²) in [5, 5.41) is 9.21. The molecule has 0 aliphatic carbocycles. The molecule has 17 heavy (non-hydrogen) atoms. The Hall–Kier alpha value is -1.36. The van der Waals surface area contributed by atoms with Crippen molar-refractivity contribution >= 4 is 0 Å². The van der Waals surface area contributed by atoms with Gasteiger partial charge in [0.2, 0.25) is 0 Å². The molecule has 0 amide bonds. The van der Waals surface area contributed by atoms with Gasteiger partial charge in [0, 0.05) is 5.56 Å². The minimum absolute atomic E-state index is 0.0888. The summed E-state index contributed by atoms with van der Waals surface area (Å²) >= 11 is 0. The molecule has 1 N–H and O–H groups in total. The fourth-order valence-corrected chi connectivity index (χ4v) is 1.76. The summed E-state index contributed by atoms with van der Waals surface area (Å²) in [6, 6.07) is 9.62. The van der Waals surface area contributed by atoms with Crippen molar-refractivity contribution in [2.45, 2.75) is 18.5 Å². The van der Waals surface area contributed by atoms with Gasteiger partial charge in [-0.2, -0.15) is 0 Å². The summed E-state index contributed by atoms with van der Waals surface area (Å²) in [5.41, 5.74) is 0.937. The zero-order valence-electron chi connectivity index (χ0n) is 9.49. The Kier molecular flexibility index (Phi) is 4.14. The van der Waals surface area contributed by atoms with E-state index in [2.05, 4.69) is 6.58 Å². The van der Waals surface area contributed by atoms with Gasteiger partial charge in [-0.25, -0.2) is 0 Å². The quantitative estimate of drug-likeness (QED) is 0.789. The molecular formula is C13H16O4. The molecule has 0 radical (unpaired) electrons. The first-order valence-corrected chi connectivity index (χ1v) is 5.54. The summed E-state index contributed by atoms with van der Waals surface area (Å²) in [5.74, 6) is 0. The zero-order valence-corrected chi connectivity index (χ0v) is 9.49. The SMILES string of the molecule is C=COC[C@@H]1OC(c2ccccc2)OC1CO. The summed E-state index contributed by atoms with van der Waals surface area (Å²) in [6.45, 7) is 3.71. The van der Waals surface area contributed by atoms with E-state index in [-0.39, 0.29) is 18.8 Å². The molecule has 1 saturated heterocycles. The fraction of sp³-hybridized carbons (Fsp3) is 0.385. The highest BCUT2D eigenvalue weighted by Gasteiger charge is 2.36. The van der Waals surface area contributed by atoms with E-state index in [1.807, 2.05) is 30.3 Å². The number of aliphatic hydroxyl groups excluding tert-OH is 1. The van der Waals surface area contributed by atoms with Crippen LogP contribution in [-0.4, -0.2) is 30.5 Å². The highest BCUT2D eigenvalue weighted by molar-refractivity contribution is 5.16. The van der Waals surface area contributed by atoms with E-state index in [9.17, 15) is 5.11 Å². The van der Waals surface area contributed by atoms with Crippen LogP contribution in [0.15, 0.2) is 43.2 Å². The molecule has 1 fully saturated rings. The smallest absolute Gasteiger partial charge is 0.185 e. The van der Waals surface area contributed by atoms with Gasteiger partial charge in [0.15, 0.2) is 6.29 Å². The van der Waals surface area contributed by atoms with Gasteiger partial charge >= 0.3 is 0 Å². The third-order valence-corrected chi connectivity index (χ3v) is 2.64. The van der Waals surface area contributed by atoms with Crippen LogP contribution in [0, 0.1) is 0 Å². The Morgan fingerprint density at radius 3 is 2.59 bits per heavy atom. The first kappa shape index (κ1) is 12.1. The van der Waals surface area contributed by atoms with Gasteiger partial charge in [0.25, 0.3) is 0 Å². The standard InChI is InChI=1S/C13H16O4/c1-2-15-9-12-11(8-14)16-13(17-12)10-6-4-3-5-7-10/h2-7,11-14H,1,8-9H2/t11?,12-,13?/m0/s1. The average molecular weight is 236 g/mol. The van der Waals surface area contributed by atoms with E-state index in [0.29, 0.717) is 6.61 Å². The van der Waals surface area contributed by atoms with Crippen LogP contribution in [0.2, 0.25) is 0 Å². The molecule has 4 heteroatoms. The molecule has 0 saturated carbocycles. The number of benzene rings is 1. The maximum atomic E-state index is 9.21. The van der Waals surface area contributed by atoms with E-state index in [1.54, 1.807) is 0 Å².